The van der Waals surface area contributed by atoms with Crippen LogP contribution in [0.2, 0.25) is 0 Å². The monoisotopic (exact) mass is 469 g/mol. The standard InChI is InChI=1S/C26H32FN3O4/c1-2-32-19-23(31)17-29(16-20-8-10-22(27)11-9-20)18-24-25(21-6-4-3-5-7-21)28-34-26(24)30-12-14-33-15-13-30/h3-11,23,31H,2,12-19H2,1H3. The lowest BCUT2D eigenvalue weighted by Crippen LogP contribution is -2.38. The first-order valence-corrected chi connectivity index (χ1v) is 11.7. The van der Waals surface area contributed by atoms with E-state index in [4.69, 9.17) is 14.0 Å². The average Bonchev–Trinajstić information content (AvgIpc) is 3.28. The van der Waals surface area contributed by atoms with Crippen LogP contribution in [0, 0.1) is 5.82 Å². The molecule has 34 heavy (non-hydrogen) atoms. The largest absolute Gasteiger partial charge is 0.389 e. The summed E-state index contributed by atoms with van der Waals surface area (Å²) < 4.78 is 30.3. The van der Waals surface area contributed by atoms with Crippen molar-refractivity contribution in [3.8, 4) is 11.3 Å². The summed E-state index contributed by atoms with van der Waals surface area (Å²) in [5.74, 6) is 0.456. The molecule has 2 aromatic carbocycles. The molecular formula is C26H32FN3O4. The summed E-state index contributed by atoms with van der Waals surface area (Å²) >= 11 is 0. The fourth-order valence-electron chi connectivity index (χ4n) is 4.14. The molecule has 1 aliphatic rings. The highest BCUT2D eigenvalue weighted by molar-refractivity contribution is 5.68. The van der Waals surface area contributed by atoms with Crippen LogP contribution in [0.1, 0.15) is 18.1 Å². The van der Waals surface area contributed by atoms with Gasteiger partial charge < -0.3 is 24.0 Å². The van der Waals surface area contributed by atoms with Crippen LogP contribution in [0.15, 0.2) is 59.1 Å². The number of benzene rings is 2. The van der Waals surface area contributed by atoms with Crippen LogP contribution >= 0.6 is 0 Å². The molecule has 0 saturated carbocycles. The van der Waals surface area contributed by atoms with Crippen LogP contribution in [0.3, 0.4) is 0 Å². The Morgan fingerprint density at radius 1 is 1.09 bits per heavy atom. The van der Waals surface area contributed by atoms with Gasteiger partial charge in [0, 0.05) is 44.9 Å². The Morgan fingerprint density at radius 3 is 2.53 bits per heavy atom. The minimum atomic E-state index is -0.660. The molecule has 182 valence electrons. The molecule has 1 aromatic heterocycles. The van der Waals surface area contributed by atoms with Gasteiger partial charge in [0.1, 0.15) is 11.5 Å². The van der Waals surface area contributed by atoms with Crippen molar-refractivity contribution in [1.82, 2.24) is 10.1 Å². The van der Waals surface area contributed by atoms with Gasteiger partial charge in [-0.05, 0) is 24.6 Å². The van der Waals surface area contributed by atoms with Gasteiger partial charge in [-0.15, -0.1) is 0 Å². The van der Waals surface area contributed by atoms with Crippen LogP contribution in [0.5, 0.6) is 0 Å². The second kappa shape index (κ2) is 12.1. The maximum Gasteiger partial charge on any atom is 0.232 e. The van der Waals surface area contributed by atoms with E-state index in [1.807, 2.05) is 37.3 Å². The van der Waals surface area contributed by atoms with E-state index < -0.39 is 6.10 Å². The van der Waals surface area contributed by atoms with Crippen molar-refractivity contribution in [3.05, 3.63) is 71.5 Å². The van der Waals surface area contributed by atoms with E-state index in [0.29, 0.717) is 39.5 Å². The van der Waals surface area contributed by atoms with E-state index in [2.05, 4.69) is 15.0 Å². The summed E-state index contributed by atoms with van der Waals surface area (Å²) in [7, 11) is 0. The fraction of sp³-hybridized carbons (Fsp3) is 0.423. The number of hydrogen-bond acceptors (Lipinski definition) is 7. The normalized spacial score (nSPS) is 15.1. The number of rotatable bonds is 11. The van der Waals surface area contributed by atoms with Crippen LogP contribution in [0.25, 0.3) is 11.3 Å². The van der Waals surface area contributed by atoms with Gasteiger partial charge in [0.05, 0.1) is 31.5 Å². The van der Waals surface area contributed by atoms with Crippen LogP contribution in [-0.4, -0.2) is 67.3 Å². The number of halogens is 1. The molecule has 4 rings (SSSR count). The van der Waals surface area contributed by atoms with Crippen LogP contribution in [-0.2, 0) is 22.6 Å². The third kappa shape index (κ3) is 6.42. The quantitative estimate of drug-likeness (QED) is 0.459. The third-order valence-electron chi connectivity index (χ3n) is 5.80. The zero-order chi connectivity index (χ0) is 23.8. The maximum atomic E-state index is 13.5. The number of aromatic nitrogens is 1. The second-order valence-corrected chi connectivity index (χ2v) is 8.39. The third-order valence-corrected chi connectivity index (χ3v) is 5.80. The molecule has 0 aliphatic carbocycles. The van der Waals surface area contributed by atoms with Gasteiger partial charge in [-0.3, -0.25) is 4.90 Å². The molecule has 0 radical (unpaired) electrons. The lowest BCUT2D eigenvalue weighted by molar-refractivity contribution is 0.0179. The van der Waals surface area contributed by atoms with Crippen molar-refractivity contribution in [1.29, 1.82) is 0 Å². The molecule has 7 nitrogen and oxygen atoms in total. The average molecular weight is 470 g/mol. The number of aliphatic hydroxyl groups excluding tert-OH is 1. The van der Waals surface area contributed by atoms with E-state index in [9.17, 15) is 9.50 Å². The van der Waals surface area contributed by atoms with E-state index in [-0.39, 0.29) is 12.4 Å². The number of ether oxygens (including phenoxy) is 2. The van der Waals surface area contributed by atoms with Crippen molar-refractivity contribution in [2.75, 3.05) is 51.0 Å². The first-order chi connectivity index (χ1) is 16.6. The second-order valence-electron chi connectivity index (χ2n) is 8.39. The summed E-state index contributed by atoms with van der Waals surface area (Å²) in [6.45, 7) is 6.83. The smallest absolute Gasteiger partial charge is 0.232 e. The minimum Gasteiger partial charge on any atom is -0.389 e. The molecule has 1 fully saturated rings. The number of morpholine rings is 1. The van der Waals surface area contributed by atoms with Gasteiger partial charge in [-0.1, -0.05) is 47.6 Å². The molecule has 2 heterocycles. The molecule has 1 aliphatic heterocycles. The number of hydrogen-bond donors (Lipinski definition) is 1. The van der Waals surface area contributed by atoms with Gasteiger partial charge in [-0.2, -0.15) is 0 Å². The van der Waals surface area contributed by atoms with E-state index in [1.165, 1.54) is 12.1 Å². The number of nitrogens with zero attached hydrogens (tertiary/aromatic N) is 3. The number of aliphatic hydroxyl groups is 1. The molecule has 1 saturated heterocycles. The zero-order valence-electron chi connectivity index (χ0n) is 19.5. The predicted molar refractivity (Wildman–Crippen MR) is 128 cm³/mol. The first-order valence-electron chi connectivity index (χ1n) is 11.7. The van der Waals surface area contributed by atoms with Crippen molar-refractivity contribution < 1.29 is 23.5 Å². The highest BCUT2D eigenvalue weighted by atomic mass is 19.1. The van der Waals surface area contributed by atoms with Crippen LogP contribution in [0.4, 0.5) is 10.3 Å². The molecule has 1 atom stereocenters. The van der Waals surface area contributed by atoms with E-state index >= 15 is 0 Å². The molecule has 3 aromatic rings. The van der Waals surface area contributed by atoms with Gasteiger partial charge in [0.2, 0.25) is 5.88 Å². The van der Waals surface area contributed by atoms with Gasteiger partial charge in [0.25, 0.3) is 0 Å². The highest BCUT2D eigenvalue weighted by Crippen LogP contribution is 2.33. The summed E-state index contributed by atoms with van der Waals surface area (Å²) in [4.78, 5) is 4.28. The Morgan fingerprint density at radius 2 is 1.82 bits per heavy atom. The first kappa shape index (κ1) is 24.3. The van der Waals surface area contributed by atoms with E-state index in [1.54, 1.807) is 12.1 Å². The van der Waals surface area contributed by atoms with Crippen LogP contribution < -0.4 is 4.90 Å². The maximum absolute atomic E-state index is 13.5. The number of anilines is 1. The summed E-state index contributed by atoms with van der Waals surface area (Å²) in [5, 5.41) is 15.1. The molecular weight excluding hydrogens is 437 g/mol. The summed E-state index contributed by atoms with van der Waals surface area (Å²) in [6.07, 6.45) is -0.660. The minimum absolute atomic E-state index is 0.252. The molecule has 0 bridgehead atoms. The zero-order valence-corrected chi connectivity index (χ0v) is 19.5. The molecule has 1 N–H and O–H groups in total. The van der Waals surface area contributed by atoms with Crippen molar-refractivity contribution in [2.45, 2.75) is 26.1 Å². The predicted octanol–water partition coefficient (Wildman–Crippen LogP) is 3.72. The Labute approximate surface area is 199 Å². The van der Waals surface area contributed by atoms with Gasteiger partial charge in [0.15, 0.2) is 0 Å². The molecule has 8 heteroatoms. The molecule has 0 spiro atoms. The summed E-state index contributed by atoms with van der Waals surface area (Å²) in [6, 6.07) is 16.4. The molecule has 0 amide bonds. The highest BCUT2D eigenvalue weighted by Gasteiger charge is 2.26. The van der Waals surface area contributed by atoms with Gasteiger partial charge >= 0.3 is 0 Å². The SMILES string of the molecule is CCOCC(O)CN(Cc1ccc(F)cc1)Cc1c(-c2ccccc2)noc1N1CCOCC1. The Kier molecular flexibility index (Phi) is 8.65. The van der Waals surface area contributed by atoms with Crippen molar-refractivity contribution in [3.63, 3.8) is 0 Å². The summed E-state index contributed by atoms with van der Waals surface area (Å²) in [5.41, 5.74) is 3.66. The van der Waals surface area contributed by atoms with Gasteiger partial charge in [-0.25, -0.2) is 4.39 Å². The van der Waals surface area contributed by atoms with Crippen molar-refractivity contribution in [2.24, 2.45) is 0 Å². The Bertz CT molecular complexity index is 1010. The molecule has 1 unspecified atom stereocenters. The van der Waals surface area contributed by atoms with E-state index in [0.717, 1.165) is 41.4 Å². The topological polar surface area (TPSA) is 71.2 Å². The lowest BCUT2D eigenvalue weighted by Gasteiger charge is -2.29. The lowest BCUT2D eigenvalue weighted by atomic mass is 10.1. The fourth-order valence-corrected chi connectivity index (χ4v) is 4.14. The van der Waals surface area contributed by atoms with Crippen molar-refractivity contribution >= 4 is 5.88 Å². The Hall–Kier alpha value is -2.78. The Balaban J connectivity index is 1.64.